The number of rotatable bonds is 10. The van der Waals surface area contributed by atoms with Crippen molar-refractivity contribution >= 4 is 50.7 Å². The number of hydrogen-bond acceptors (Lipinski definition) is 4. The first-order valence-corrected chi connectivity index (χ1v) is 14.3. The maximum atomic E-state index is 13.9. The Balaban J connectivity index is 2.04. The largest absolute Gasteiger partial charge is 0.352 e. The van der Waals surface area contributed by atoms with Gasteiger partial charge in [-0.25, -0.2) is 8.42 Å². The van der Waals surface area contributed by atoms with Crippen molar-refractivity contribution in [1.82, 2.24) is 10.2 Å². The Hall–Kier alpha value is -3.07. The van der Waals surface area contributed by atoms with E-state index in [4.69, 9.17) is 23.2 Å². The number of aryl methyl sites for hydroxylation is 1. The van der Waals surface area contributed by atoms with Gasteiger partial charge in [-0.1, -0.05) is 59.6 Å². The molecule has 0 fully saturated rings. The molecule has 0 radical (unpaired) electrons. The van der Waals surface area contributed by atoms with Crippen LogP contribution in [0.2, 0.25) is 10.0 Å². The van der Waals surface area contributed by atoms with E-state index in [9.17, 15) is 18.0 Å². The minimum atomic E-state index is -4.11. The van der Waals surface area contributed by atoms with E-state index in [0.29, 0.717) is 21.3 Å². The molecule has 2 amide bonds. The van der Waals surface area contributed by atoms with E-state index < -0.39 is 28.5 Å². The van der Waals surface area contributed by atoms with Crippen molar-refractivity contribution in [2.75, 3.05) is 10.8 Å². The Morgan fingerprint density at radius 2 is 1.61 bits per heavy atom. The van der Waals surface area contributed by atoms with Crippen LogP contribution in [0.1, 0.15) is 31.9 Å². The van der Waals surface area contributed by atoms with Crippen molar-refractivity contribution < 1.29 is 18.0 Å². The third-order valence-corrected chi connectivity index (χ3v) is 8.23. The lowest BCUT2D eigenvalue weighted by Gasteiger charge is -2.32. The van der Waals surface area contributed by atoms with E-state index in [2.05, 4.69) is 5.32 Å². The zero-order chi connectivity index (χ0) is 28.0. The summed E-state index contributed by atoms with van der Waals surface area (Å²) in [5.74, 6) is -0.935. The van der Waals surface area contributed by atoms with Gasteiger partial charge in [0.15, 0.2) is 0 Å². The highest BCUT2D eigenvalue weighted by Crippen LogP contribution is 2.27. The van der Waals surface area contributed by atoms with Gasteiger partial charge in [-0.15, -0.1) is 0 Å². The topological polar surface area (TPSA) is 86.8 Å². The van der Waals surface area contributed by atoms with Gasteiger partial charge in [-0.2, -0.15) is 0 Å². The average Bonchev–Trinajstić information content (AvgIpc) is 2.86. The van der Waals surface area contributed by atoms with Gasteiger partial charge < -0.3 is 10.2 Å². The summed E-state index contributed by atoms with van der Waals surface area (Å²) in [5.41, 5.74) is 1.74. The molecule has 7 nitrogen and oxygen atoms in total. The summed E-state index contributed by atoms with van der Waals surface area (Å²) in [6.07, 6.45) is 0. The minimum absolute atomic E-state index is 0.0193. The van der Waals surface area contributed by atoms with Crippen molar-refractivity contribution in [2.24, 2.45) is 0 Å². The van der Waals surface area contributed by atoms with E-state index in [0.717, 1.165) is 9.87 Å². The number of hydrogen-bond donors (Lipinski definition) is 1. The number of halogens is 2. The molecule has 1 unspecified atom stereocenters. The molecule has 0 heterocycles. The van der Waals surface area contributed by atoms with Gasteiger partial charge in [0.25, 0.3) is 10.0 Å². The highest BCUT2D eigenvalue weighted by Gasteiger charge is 2.33. The Labute approximate surface area is 234 Å². The quantitative estimate of drug-likeness (QED) is 0.348. The molecule has 0 saturated carbocycles. The van der Waals surface area contributed by atoms with Crippen LogP contribution in [-0.2, 0) is 26.2 Å². The van der Waals surface area contributed by atoms with Gasteiger partial charge in [0.05, 0.1) is 10.6 Å². The zero-order valence-electron chi connectivity index (χ0n) is 21.7. The van der Waals surface area contributed by atoms with Crippen LogP contribution in [0.3, 0.4) is 0 Å². The third kappa shape index (κ3) is 7.28. The maximum absolute atomic E-state index is 13.9. The van der Waals surface area contributed by atoms with Crippen LogP contribution in [-0.4, -0.2) is 43.8 Å². The lowest BCUT2D eigenvalue weighted by Crippen LogP contribution is -2.52. The van der Waals surface area contributed by atoms with Crippen LogP contribution in [0.5, 0.6) is 0 Å². The molecule has 0 saturated heterocycles. The second-order valence-corrected chi connectivity index (χ2v) is 12.0. The van der Waals surface area contributed by atoms with Gasteiger partial charge in [0.1, 0.15) is 12.6 Å². The lowest BCUT2D eigenvalue weighted by atomic mass is 10.1. The van der Waals surface area contributed by atoms with Crippen molar-refractivity contribution in [3.8, 4) is 0 Å². The molecule has 3 aromatic rings. The Morgan fingerprint density at radius 3 is 2.21 bits per heavy atom. The van der Waals surface area contributed by atoms with Gasteiger partial charge >= 0.3 is 0 Å². The smallest absolute Gasteiger partial charge is 0.264 e. The number of benzene rings is 3. The molecule has 0 bridgehead atoms. The Morgan fingerprint density at radius 1 is 0.921 bits per heavy atom. The molecule has 10 heteroatoms. The highest BCUT2D eigenvalue weighted by atomic mass is 35.5. The molecule has 0 aliphatic heterocycles. The Bertz CT molecular complexity index is 1400. The molecular formula is C28H31Cl2N3O4S. The van der Waals surface area contributed by atoms with E-state index in [1.807, 2.05) is 26.8 Å². The predicted molar refractivity (Wildman–Crippen MR) is 152 cm³/mol. The first kappa shape index (κ1) is 29.5. The molecule has 38 heavy (non-hydrogen) atoms. The molecule has 3 aromatic carbocycles. The summed E-state index contributed by atoms with van der Waals surface area (Å²) in [5, 5.41) is 3.58. The molecule has 1 atom stereocenters. The SMILES string of the molecule is Cc1cccc(N(CC(=O)N(Cc2ccc(Cl)cc2Cl)C(C)C(=O)NC(C)C)S(=O)(=O)c2ccccc2)c1. The number of nitrogens with one attached hydrogen (secondary N) is 1. The fourth-order valence-corrected chi connectivity index (χ4v) is 5.75. The molecule has 0 aliphatic carbocycles. The fraction of sp³-hybridized carbons (Fsp3) is 0.286. The second-order valence-electron chi connectivity index (χ2n) is 9.26. The first-order chi connectivity index (χ1) is 17.9. The van der Waals surface area contributed by atoms with Gasteiger partial charge in [-0.3, -0.25) is 13.9 Å². The van der Waals surface area contributed by atoms with Crippen molar-refractivity contribution in [3.63, 3.8) is 0 Å². The van der Waals surface area contributed by atoms with Crippen LogP contribution in [0.4, 0.5) is 5.69 Å². The second kappa shape index (κ2) is 12.7. The summed E-state index contributed by atoms with van der Waals surface area (Å²) < 4.78 is 28.6. The third-order valence-electron chi connectivity index (χ3n) is 5.85. The summed E-state index contributed by atoms with van der Waals surface area (Å²) in [6, 6.07) is 18.6. The summed E-state index contributed by atoms with van der Waals surface area (Å²) in [4.78, 5) is 28.2. The fourth-order valence-electron chi connectivity index (χ4n) is 3.85. The molecule has 3 rings (SSSR count). The van der Waals surface area contributed by atoms with Crippen molar-refractivity contribution in [2.45, 2.75) is 51.2 Å². The summed E-state index contributed by atoms with van der Waals surface area (Å²) in [6.45, 7) is 6.53. The molecule has 0 aliphatic rings. The number of sulfonamides is 1. The highest BCUT2D eigenvalue weighted by molar-refractivity contribution is 7.92. The molecule has 1 N–H and O–H groups in total. The van der Waals surface area contributed by atoms with Crippen LogP contribution in [0, 0.1) is 6.92 Å². The zero-order valence-corrected chi connectivity index (χ0v) is 24.0. The first-order valence-electron chi connectivity index (χ1n) is 12.1. The number of nitrogens with zero attached hydrogens (tertiary/aromatic N) is 2. The van der Waals surface area contributed by atoms with Gasteiger partial charge in [0, 0.05) is 22.6 Å². The predicted octanol–water partition coefficient (Wildman–Crippen LogP) is 5.44. The molecular weight excluding hydrogens is 545 g/mol. The van der Waals surface area contributed by atoms with E-state index in [-0.39, 0.29) is 23.4 Å². The van der Waals surface area contributed by atoms with E-state index >= 15 is 0 Å². The number of amides is 2. The van der Waals surface area contributed by atoms with Crippen LogP contribution in [0.25, 0.3) is 0 Å². The molecule has 202 valence electrons. The minimum Gasteiger partial charge on any atom is -0.352 e. The van der Waals surface area contributed by atoms with Crippen molar-refractivity contribution in [3.05, 3.63) is 94.0 Å². The van der Waals surface area contributed by atoms with Crippen LogP contribution < -0.4 is 9.62 Å². The number of carbonyl (C=O) groups is 2. The van der Waals surface area contributed by atoms with Gasteiger partial charge in [0.2, 0.25) is 11.8 Å². The molecule has 0 aromatic heterocycles. The maximum Gasteiger partial charge on any atom is 0.264 e. The Kier molecular flexibility index (Phi) is 9.82. The number of anilines is 1. The van der Waals surface area contributed by atoms with E-state index in [1.165, 1.54) is 17.0 Å². The summed E-state index contributed by atoms with van der Waals surface area (Å²) >= 11 is 12.4. The standard InChI is InChI=1S/C28H31Cl2N3O4S/c1-19(2)31-28(35)21(4)32(17-22-13-14-23(29)16-26(22)30)27(34)18-33(24-10-8-9-20(3)15-24)38(36,37)25-11-6-5-7-12-25/h5-16,19,21H,17-18H2,1-4H3,(H,31,35). The van der Waals surface area contributed by atoms with Gasteiger partial charge in [-0.05, 0) is 75.2 Å². The molecule has 0 spiro atoms. The average molecular weight is 577 g/mol. The monoisotopic (exact) mass is 575 g/mol. The van der Waals surface area contributed by atoms with Crippen LogP contribution in [0.15, 0.2) is 77.7 Å². The van der Waals surface area contributed by atoms with Crippen molar-refractivity contribution in [1.29, 1.82) is 0 Å². The normalized spacial score (nSPS) is 12.2. The lowest BCUT2D eigenvalue weighted by molar-refractivity contribution is -0.139. The van der Waals surface area contributed by atoms with Crippen LogP contribution >= 0.6 is 23.2 Å². The summed E-state index contributed by atoms with van der Waals surface area (Å²) in [7, 11) is -4.11. The van der Waals surface area contributed by atoms with E-state index in [1.54, 1.807) is 61.5 Å². The number of carbonyl (C=O) groups excluding carboxylic acids is 2.